The predicted octanol–water partition coefficient (Wildman–Crippen LogP) is 1.11. The molecule has 0 aliphatic heterocycles. The lowest BCUT2D eigenvalue weighted by Gasteiger charge is -2.13. The number of carbonyl (C=O) groups is 2. The van der Waals surface area contributed by atoms with Gasteiger partial charge in [-0.15, -0.1) is 0 Å². The molecular weight excluding hydrogens is 210 g/mol. The van der Waals surface area contributed by atoms with Crippen LogP contribution in [0.3, 0.4) is 0 Å². The Bertz CT molecular complexity index is 403. The fourth-order valence-electron chi connectivity index (χ4n) is 1.16. The van der Waals surface area contributed by atoms with Crippen LogP contribution in [0, 0.1) is 0 Å². The van der Waals surface area contributed by atoms with Gasteiger partial charge in [0.05, 0.1) is 19.8 Å². The Morgan fingerprint density at radius 1 is 1.19 bits per heavy atom. The highest BCUT2D eigenvalue weighted by Gasteiger charge is 2.13. The number of nitrogens with zero attached hydrogens (tertiary/aromatic N) is 1. The second-order valence-corrected chi connectivity index (χ2v) is 3.06. The number of benzene rings is 1. The molecule has 0 aromatic heterocycles. The van der Waals surface area contributed by atoms with Crippen molar-refractivity contribution in [2.45, 2.75) is 0 Å². The number of carbonyl (C=O) groups excluding carboxylic acids is 2. The minimum atomic E-state index is -0.477. The molecule has 0 N–H and O–H groups in total. The molecule has 5 heteroatoms. The molecular formula is C11H13NO4. The molecule has 0 radical (unpaired) electrons. The molecule has 0 heterocycles. The maximum atomic E-state index is 11.7. The molecule has 1 amide bonds. The van der Waals surface area contributed by atoms with Gasteiger partial charge < -0.3 is 4.74 Å². The Hall–Kier alpha value is -1.88. The minimum Gasteiger partial charge on any atom is -0.465 e. The average Bonchev–Trinajstić information content (AvgIpc) is 2.36. The average molecular weight is 223 g/mol. The predicted molar refractivity (Wildman–Crippen MR) is 56.9 cm³/mol. The van der Waals surface area contributed by atoms with Crippen LogP contribution < -0.4 is 0 Å². The van der Waals surface area contributed by atoms with Crippen LogP contribution >= 0.6 is 0 Å². The molecule has 0 saturated heterocycles. The summed E-state index contributed by atoms with van der Waals surface area (Å²) in [6, 6.07) is 6.26. The highest BCUT2D eigenvalue weighted by atomic mass is 16.7. The zero-order chi connectivity index (χ0) is 12.1. The minimum absolute atomic E-state index is 0.326. The number of esters is 1. The quantitative estimate of drug-likeness (QED) is 0.569. The van der Waals surface area contributed by atoms with E-state index in [1.54, 1.807) is 18.2 Å². The van der Waals surface area contributed by atoms with Gasteiger partial charge in [-0.3, -0.25) is 9.63 Å². The van der Waals surface area contributed by atoms with E-state index in [0.29, 0.717) is 11.1 Å². The third-order valence-electron chi connectivity index (χ3n) is 2.09. The van der Waals surface area contributed by atoms with Gasteiger partial charge in [0.15, 0.2) is 0 Å². The van der Waals surface area contributed by atoms with Crippen LogP contribution in [0.25, 0.3) is 0 Å². The summed E-state index contributed by atoms with van der Waals surface area (Å²) < 4.78 is 4.56. The molecule has 1 rings (SSSR count). The normalized spacial score (nSPS) is 9.69. The van der Waals surface area contributed by atoms with Crippen molar-refractivity contribution in [3.05, 3.63) is 35.4 Å². The summed E-state index contributed by atoms with van der Waals surface area (Å²) in [6.45, 7) is 0. The summed E-state index contributed by atoms with van der Waals surface area (Å²) in [7, 11) is 4.17. The number of rotatable bonds is 3. The van der Waals surface area contributed by atoms with Gasteiger partial charge in [0.2, 0.25) is 0 Å². The lowest BCUT2D eigenvalue weighted by atomic mass is 10.1. The molecule has 1 aromatic carbocycles. The Balaban J connectivity index is 2.99. The Kier molecular flexibility index (Phi) is 4.02. The van der Waals surface area contributed by atoms with E-state index in [1.807, 2.05) is 0 Å². The SMILES string of the molecule is COC(=O)c1cccc(C(=O)N(C)OC)c1. The summed E-state index contributed by atoms with van der Waals surface area (Å²) in [5, 5.41) is 1.08. The highest BCUT2D eigenvalue weighted by Crippen LogP contribution is 2.08. The lowest BCUT2D eigenvalue weighted by molar-refractivity contribution is -0.0757. The largest absolute Gasteiger partial charge is 0.465 e. The van der Waals surface area contributed by atoms with Crippen LogP contribution in [0.5, 0.6) is 0 Å². The molecule has 5 nitrogen and oxygen atoms in total. The summed E-state index contributed by atoms with van der Waals surface area (Å²) >= 11 is 0. The second kappa shape index (κ2) is 5.27. The molecule has 0 spiro atoms. The van der Waals surface area contributed by atoms with Crippen LogP contribution in [-0.4, -0.2) is 38.2 Å². The Morgan fingerprint density at radius 2 is 1.81 bits per heavy atom. The third-order valence-corrected chi connectivity index (χ3v) is 2.09. The first-order valence-corrected chi connectivity index (χ1v) is 4.60. The fraction of sp³-hybridized carbons (Fsp3) is 0.273. The van der Waals surface area contributed by atoms with Gasteiger partial charge >= 0.3 is 5.97 Å². The van der Waals surface area contributed by atoms with E-state index in [9.17, 15) is 9.59 Å². The summed E-state index contributed by atoms with van der Waals surface area (Å²) in [5.74, 6) is -0.803. The maximum Gasteiger partial charge on any atom is 0.337 e. The zero-order valence-corrected chi connectivity index (χ0v) is 9.39. The van der Waals surface area contributed by atoms with Gasteiger partial charge in [-0.25, -0.2) is 9.86 Å². The number of hydroxylamine groups is 2. The maximum absolute atomic E-state index is 11.7. The molecule has 0 fully saturated rings. The van der Waals surface area contributed by atoms with Crippen molar-refractivity contribution in [1.82, 2.24) is 5.06 Å². The third kappa shape index (κ3) is 2.58. The first kappa shape index (κ1) is 12.2. The topological polar surface area (TPSA) is 55.8 Å². The van der Waals surface area contributed by atoms with Crippen molar-refractivity contribution in [3.63, 3.8) is 0 Å². The second-order valence-electron chi connectivity index (χ2n) is 3.06. The Morgan fingerprint density at radius 3 is 2.38 bits per heavy atom. The van der Waals surface area contributed by atoms with Gasteiger partial charge in [-0.2, -0.15) is 0 Å². The molecule has 0 bridgehead atoms. The van der Waals surface area contributed by atoms with Crippen molar-refractivity contribution in [3.8, 4) is 0 Å². The number of hydrogen-bond acceptors (Lipinski definition) is 4. The van der Waals surface area contributed by atoms with Crippen LogP contribution in [-0.2, 0) is 9.57 Å². The Labute approximate surface area is 93.5 Å². The van der Waals surface area contributed by atoms with Crippen molar-refractivity contribution in [2.24, 2.45) is 0 Å². The standard InChI is InChI=1S/C11H13NO4/c1-12(16-3)10(13)8-5-4-6-9(7-8)11(14)15-2/h4-7H,1-3H3. The lowest BCUT2D eigenvalue weighted by Crippen LogP contribution is -2.25. The first-order valence-electron chi connectivity index (χ1n) is 4.60. The molecule has 16 heavy (non-hydrogen) atoms. The zero-order valence-electron chi connectivity index (χ0n) is 9.39. The van der Waals surface area contributed by atoms with Crippen molar-refractivity contribution in [2.75, 3.05) is 21.3 Å². The van der Waals surface area contributed by atoms with Gasteiger partial charge in [-0.1, -0.05) is 6.07 Å². The molecule has 0 aliphatic rings. The number of amides is 1. The number of methoxy groups -OCH3 is 1. The van der Waals surface area contributed by atoms with E-state index in [-0.39, 0.29) is 5.91 Å². The van der Waals surface area contributed by atoms with E-state index < -0.39 is 5.97 Å². The van der Waals surface area contributed by atoms with Crippen LogP contribution in [0.2, 0.25) is 0 Å². The fourth-order valence-corrected chi connectivity index (χ4v) is 1.16. The van der Waals surface area contributed by atoms with E-state index in [0.717, 1.165) is 5.06 Å². The van der Waals surface area contributed by atoms with Crippen molar-refractivity contribution in [1.29, 1.82) is 0 Å². The van der Waals surface area contributed by atoms with E-state index in [2.05, 4.69) is 4.74 Å². The van der Waals surface area contributed by atoms with E-state index in [1.165, 1.54) is 27.3 Å². The monoisotopic (exact) mass is 223 g/mol. The van der Waals surface area contributed by atoms with Crippen LogP contribution in [0.1, 0.15) is 20.7 Å². The van der Waals surface area contributed by atoms with E-state index in [4.69, 9.17) is 4.84 Å². The first-order chi connectivity index (χ1) is 7.60. The van der Waals surface area contributed by atoms with Gasteiger partial charge in [0, 0.05) is 12.6 Å². The molecule has 0 unspecified atom stereocenters. The summed E-state index contributed by atoms with van der Waals surface area (Å²) in [4.78, 5) is 27.7. The number of ether oxygens (including phenoxy) is 1. The molecule has 86 valence electrons. The molecule has 1 aromatic rings. The van der Waals surface area contributed by atoms with Gasteiger partial charge in [-0.05, 0) is 18.2 Å². The van der Waals surface area contributed by atoms with Crippen molar-refractivity contribution < 1.29 is 19.2 Å². The highest BCUT2D eigenvalue weighted by molar-refractivity contribution is 5.97. The van der Waals surface area contributed by atoms with Crippen LogP contribution in [0.15, 0.2) is 24.3 Å². The van der Waals surface area contributed by atoms with Gasteiger partial charge in [0.1, 0.15) is 0 Å². The summed E-state index contributed by atoms with van der Waals surface area (Å²) in [6.07, 6.45) is 0. The van der Waals surface area contributed by atoms with E-state index >= 15 is 0 Å². The van der Waals surface area contributed by atoms with Crippen molar-refractivity contribution >= 4 is 11.9 Å². The van der Waals surface area contributed by atoms with Gasteiger partial charge in [0.25, 0.3) is 5.91 Å². The summed E-state index contributed by atoms with van der Waals surface area (Å²) in [5.41, 5.74) is 0.699. The van der Waals surface area contributed by atoms with Crippen LogP contribution in [0.4, 0.5) is 0 Å². The smallest absolute Gasteiger partial charge is 0.337 e. The molecule has 0 aliphatic carbocycles. The molecule has 0 saturated carbocycles. The number of hydrogen-bond donors (Lipinski definition) is 0. The molecule has 0 atom stereocenters.